The highest BCUT2D eigenvalue weighted by Gasteiger charge is 2.50. The normalized spacial score (nSPS) is 16.4. The molecule has 0 aliphatic carbocycles. The number of primary amides is 1. The summed E-state index contributed by atoms with van der Waals surface area (Å²) in [4.78, 5) is 57.4. The summed E-state index contributed by atoms with van der Waals surface area (Å²) in [6, 6.07) is 4.31. The van der Waals surface area contributed by atoms with E-state index in [4.69, 9.17) is 20.7 Å². The standard InChI is InChI=1S/C34H53FN8O3.C4H4O4/c1-22(2)28(10-9-14-40(8)17-25(7)30(36)44)42-19-34(20-42)13-15-41(18-34)31-32(39-38-21-37-31)46-29-12-11-26(35)16-27(29)33(45)43(23(3)4)24(5)6;5-3(6)1-2-4(7)8/h11-12,16,21-25,28H,9-10,13-15,17-20H2,1-8H3,(H2,36,44);1-2H,(H,5,6)(H,7,8)/b;2-1+/t25-,28+;/m0./s1. The van der Waals surface area contributed by atoms with Crippen molar-refractivity contribution >= 4 is 29.6 Å². The molecule has 16 heteroatoms. The van der Waals surface area contributed by atoms with Crippen LogP contribution >= 0.6 is 0 Å². The summed E-state index contributed by atoms with van der Waals surface area (Å²) in [5, 5.41) is 23.8. The Morgan fingerprint density at radius 2 is 1.65 bits per heavy atom. The van der Waals surface area contributed by atoms with Crippen LogP contribution in [0.25, 0.3) is 0 Å². The number of nitrogens with two attached hydrogens (primary N) is 1. The van der Waals surface area contributed by atoms with E-state index in [1.165, 1.54) is 24.5 Å². The summed E-state index contributed by atoms with van der Waals surface area (Å²) in [5.74, 6) is -2.21. The van der Waals surface area contributed by atoms with E-state index in [-0.39, 0.29) is 52.4 Å². The van der Waals surface area contributed by atoms with Crippen LogP contribution in [0.3, 0.4) is 0 Å². The third-order valence-electron chi connectivity index (χ3n) is 9.83. The van der Waals surface area contributed by atoms with Gasteiger partial charge < -0.3 is 35.4 Å². The Kier molecular flexibility index (Phi) is 15.8. The molecule has 0 saturated carbocycles. The number of amides is 2. The Bertz CT molecular complexity index is 1610. The molecule has 15 nitrogen and oxygen atoms in total. The molecule has 54 heavy (non-hydrogen) atoms. The molecule has 0 unspecified atom stereocenters. The summed E-state index contributed by atoms with van der Waals surface area (Å²) >= 11 is 0. The van der Waals surface area contributed by atoms with Gasteiger partial charge >= 0.3 is 11.9 Å². The number of carboxylic acid groups (broad SMARTS) is 2. The predicted octanol–water partition coefficient (Wildman–Crippen LogP) is 4.14. The molecule has 2 atom stereocenters. The van der Waals surface area contributed by atoms with E-state index in [1.54, 1.807) is 4.90 Å². The molecule has 2 fully saturated rings. The first-order chi connectivity index (χ1) is 25.3. The van der Waals surface area contributed by atoms with Crippen molar-refractivity contribution in [2.45, 2.75) is 85.9 Å². The van der Waals surface area contributed by atoms with Crippen molar-refractivity contribution in [1.29, 1.82) is 0 Å². The first kappa shape index (κ1) is 43.7. The number of carbonyl (C=O) groups excluding carboxylic acids is 2. The first-order valence-corrected chi connectivity index (χ1v) is 18.4. The minimum Gasteiger partial charge on any atom is -0.478 e. The van der Waals surface area contributed by atoms with Crippen LogP contribution in [-0.4, -0.2) is 128 Å². The van der Waals surface area contributed by atoms with Gasteiger partial charge in [0.25, 0.3) is 11.8 Å². The van der Waals surface area contributed by atoms with E-state index in [2.05, 4.69) is 50.8 Å². The molecule has 1 spiro atoms. The van der Waals surface area contributed by atoms with Gasteiger partial charge in [-0.25, -0.2) is 19.0 Å². The average Bonchev–Trinajstić information content (AvgIpc) is 3.52. The molecule has 2 aliphatic heterocycles. The van der Waals surface area contributed by atoms with Crippen molar-refractivity contribution in [3.63, 3.8) is 0 Å². The van der Waals surface area contributed by atoms with Gasteiger partial charge in [-0.15, -0.1) is 10.2 Å². The zero-order valence-electron chi connectivity index (χ0n) is 32.7. The Labute approximate surface area is 317 Å². The lowest BCUT2D eigenvalue weighted by Crippen LogP contribution is -2.62. The summed E-state index contributed by atoms with van der Waals surface area (Å²) in [6.07, 6.45) is 5.72. The molecule has 2 aromatic rings. The van der Waals surface area contributed by atoms with Gasteiger partial charge in [-0.1, -0.05) is 20.8 Å². The third-order valence-corrected chi connectivity index (χ3v) is 9.83. The molecular formula is C38H57FN8O7. The maximum atomic E-state index is 14.4. The second kappa shape index (κ2) is 19.6. The van der Waals surface area contributed by atoms with Crippen LogP contribution in [0.2, 0.25) is 0 Å². The van der Waals surface area contributed by atoms with Gasteiger partial charge in [0.2, 0.25) is 5.91 Å². The lowest BCUT2D eigenvalue weighted by molar-refractivity contribution is -0.134. The SMILES string of the molecule is CC(C)[C@@H](CCCN(C)C[C@H](C)C(N)=O)N1CC2(CCN(c3ncnnc3Oc3ccc(F)cc3C(=O)N(C(C)C)C(C)C)C2)C1.O=C(O)/C=C/C(=O)O. The lowest BCUT2D eigenvalue weighted by Gasteiger charge is -2.53. The van der Waals surface area contributed by atoms with Gasteiger partial charge in [-0.2, -0.15) is 0 Å². The number of hydrogen-bond acceptors (Lipinski definition) is 11. The van der Waals surface area contributed by atoms with Crippen molar-refractivity contribution < 1.29 is 38.5 Å². The molecule has 2 amide bonds. The maximum Gasteiger partial charge on any atom is 0.328 e. The number of aromatic nitrogens is 3. The van der Waals surface area contributed by atoms with Crippen LogP contribution < -0.4 is 15.4 Å². The van der Waals surface area contributed by atoms with Crippen LogP contribution in [0.15, 0.2) is 36.7 Å². The van der Waals surface area contributed by atoms with E-state index in [9.17, 15) is 23.6 Å². The Hall–Kier alpha value is -4.70. The number of ether oxygens (including phenoxy) is 1. The highest BCUT2D eigenvalue weighted by molar-refractivity contribution is 5.97. The number of hydrogen-bond donors (Lipinski definition) is 3. The molecule has 2 aliphatic rings. The fraction of sp³-hybridized carbons (Fsp3) is 0.605. The number of halogens is 1. The van der Waals surface area contributed by atoms with E-state index < -0.39 is 17.8 Å². The number of likely N-dealkylation sites (tertiary alicyclic amines) is 1. The lowest BCUT2D eigenvalue weighted by atomic mass is 9.76. The first-order valence-electron chi connectivity index (χ1n) is 18.4. The van der Waals surface area contributed by atoms with Crippen LogP contribution in [0.5, 0.6) is 11.6 Å². The second-order valence-corrected chi connectivity index (χ2v) is 15.3. The van der Waals surface area contributed by atoms with Crippen molar-refractivity contribution in [1.82, 2.24) is 29.9 Å². The molecule has 1 aromatic heterocycles. The smallest absolute Gasteiger partial charge is 0.328 e. The van der Waals surface area contributed by atoms with E-state index in [0.29, 0.717) is 36.5 Å². The van der Waals surface area contributed by atoms with Crippen molar-refractivity contribution in [3.05, 3.63) is 48.1 Å². The van der Waals surface area contributed by atoms with Crippen molar-refractivity contribution in [2.24, 2.45) is 23.0 Å². The molecule has 0 radical (unpaired) electrons. The topological polar surface area (TPSA) is 196 Å². The molecule has 1 aromatic carbocycles. The molecule has 4 N–H and O–H groups in total. The average molecular weight is 757 g/mol. The van der Waals surface area contributed by atoms with E-state index >= 15 is 0 Å². The van der Waals surface area contributed by atoms with E-state index in [1.807, 2.05) is 34.6 Å². The van der Waals surface area contributed by atoms with Crippen molar-refractivity contribution in [2.75, 3.05) is 51.2 Å². The number of anilines is 1. The number of aliphatic carboxylic acids is 2. The zero-order chi connectivity index (χ0) is 40.3. The molecule has 298 valence electrons. The number of carboxylic acids is 2. The number of rotatable bonds is 17. The molecule has 3 heterocycles. The number of nitrogens with zero attached hydrogens (tertiary/aromatic N) is 7. The highest BCUT2D eigenvalue weighted by atomic mass is 19.1. The van der Waals surface area contributed by atoms with Gasteiger partial charge in [0.1, 0.15) is 17.9 Å². The third kappa shape index (κ3) is 12.2. The fourth-order valence-electron chi connectivity index (χ4n) is 7.33. The Balaban J connectivity index is 0.000000879. The zero-order valence-corrected chi connectivity index (χ0v) is 32.7. The van der Waals surface area contributed by atoms with Crippen LogP contribution in [0.4, 0.5) is 10.2 Å². The summed E-state index contributed by atoms with van der Waals surface area (Å²) < 4.78 is 20.6. The summed E-state index contributed by atoms with van der Waals surface area (Å²) in [6.45, 7) is 19.5. The van der Waals surface area contributed by atoms with Gasteiger partial charge in [0.05, 0.1) is 5.56 Å². The fourth-order valence-corrected chi connectivity index (χ4v) is 7.33. The highest BCUT2D eigenvalue weighted by Crippen LogP contribution is 2.44. The van der Waals surface area contributed by atoms with Crippen LogP contribution in [0.1, 0.15) is 78.1 Å². The van der Waals surface area contributed by atoms with Gasteiger partial charge in [-0.05, 0) is 84.7 Å². The van der Waals surface area contributed by atoms with Crippen LogP contribution in [-0.2, 0) is 14.4 Å². The molecule has 2 saturated heterocycles. The van der Waals surface area contributed by atoms with Gasteiger partial charge in [0.15, 0.2) is 5.82 Å². The predicted molar refractivity (Wildman–Crippen MR) is 202 cm³/mol. The quantitative estimate of drug-likeness (QED) is 0.195. The van der Waals surface area contributed by atoms with Crippen molar-refractivity contribution in [3.8, 4) is 11.6 Å². The summed E-state index contributed by atoms with van der Waals surface area (Å²) in [7, 11) is 2.05. The number of benzene rings is 1. The molecule has 4 rings (SSSR count). The van der Waals surface area contributed by atoms with Crippen LogP contribution in [0, 0.1) is 23.1 Å². The minimum absolute atomic E-state index is 0.0751. The Morgan fingerprint density at radius 3 is 2.20 bits per heavy atom. The molecule has 0 bridgehead atoms. The summed E-state index contributed by atoms with van der Waals surface area (Å²) in [5.41, 5.74) is 5.74. The largest absolute Gasteiger partial charge is 0.478 e. The van der Waals surface area contributed by atoms with E-state index in [0.717, 1.165) is 52.0 Å². The maximum absolute atomic E-state index is 14.4. The Morgan fingerprint density at radius 1 is 1.02 bits per heavy atom. The van der Waals surface area contributed by atoms with Gasteiger partial charge in [0, 0.05) is 74.3 Å². The monoisotopic (exact) mass is 756 g/mol. The van der Waals surface area contributed by atoms with Gasteiger partial charge in [-0.3, -0.25) is 14.5 Å². The number of carbonyl (C=O) groups is 4. The second-order valence-electron chi connectivity index (χ2n) is 15.3. The minimum atomic E-state index is -1.26. The molecular weight excluding hydrogens is 699 g/mol.